The molecule has 0 radical (unpaired) electrons. The average Bonchev–Trinajstić information content (AvgIpc) is 2.92. The summed E-state index contributed by atoms with van der Waals surface area (Å²) in [6, 6.07) is 3.35. The molecule has 0 spiro atoms. The Kier molecular flexibility index (Phi) is 2.31. The van der Waals surface area contributed by atoms with E-state index < -0.39 is 12.3 Å². The largest absolute Gasteiger partial charge is 0.575 e. The highest BCUT2D eigenvalue weighted by atomic mass is 19.4. The van der Waals surface area contributed by atoms with Crippen LogP contribution in [0.5, 0.6) is 0 Å². The lowest BCUT2D eigenvalue weighted by molar-refractivity contribution is -0.303. The molecule has 0 saturated carbocycles. The van der Waals surface area contributed by atoms with E-state index in [4.69, 9.17) is 0 Å². The fourth-order valence-electron chi connectivity index (χ4n) is 1.89. The summed E-state index contributed by atoms with van der Waals surface area (Å²) in [6.45, 7) is 0. The van der Waals surface area contributed by atoms with Crippen molar-refractivity contribution < 1.29 is 22.7 Å². The molecule has 96 valence electrons. The quantitative estimate of drug-likeness (QED) is 0.718. The summed E-state index contributed by atoms with van der Waals surface area (Å²) in [5.74, 6) is -1.52. The molecule has 0 N–H and O–H groups in total. The Balaban J connectivity index is 2.00. The number of fused-ring (bicyclic) bond motifs is 3. The number of benzene rings is 1. The van der Waals surface area contributed by atoms with Crippen molar-refractivity contribution in [3.05, 3.63) is 34.0 Å². The predicted molar refractivity (Wildman–Crippen MR) is 60.0 cm³/mol. The highest BCUT2D eigenvalue weighted by molar-refractivity contribution is 5.98. The Bertz CT molecular complexity index is 760. The minimum Gasteiger partial charge on any atom is -0.368 e. The van der Waals surface area contributed by atoms with Gasteiger partial charge in [-0.1, -0.05) is 6.07 Å². The molecule has 2 aliphatic rings. The molecule has 1 aromatic rings. The van der Waals surface area contributed by atoms with Crippen molar-refractivity contribution in [2.75, 3.05) is 0 Å². The van der Waals surface area contributed by atoms with Crippen molar-refractivity contribution in [3.63, 3.8) is 0 Å². The van der Waals surface area contributed by atoms with Gasteiger partial charge in [0.2, 0.25) is 0 Å². The van der Waals surface area contributed by atoms with E-state index in [1.807, 2.05) is 0 Å². The first-order chi connectivity index (χ1) is 8.94. The molecule has 4 nitrogen and oxygen atoms in total. The fourth-order valence-corrected chi connectivity index (χ4v) is 1.89. The molecule has 0 amide bonds. The smallest absolute Gasteiger partial charge is 0.368 e. The molecule has 7 heteroatoms. The molecule has 2 heterocycles. The monoisotopic (exact) mass is 266 g/mol. The molecule has 1 aromatic carbocycles. The Morgan fingerprint density at radius 1 is 1.26 bits per heavy atom. The minimum atomic E-state index is -5.01. The van der Waals surface area contributed by atoms with Crippen LogP contribution in [0.25, 0.3) is 12.2 Å². The average molecular weight is 266 g/mol. The molecular formula is C12H5F3N2O2. The molecule has 0 fully saturated rings. The van der Waals surface area contributed by atoms with Crippen molar-refractivity contribution in [1.82, 2.24) is 0 Å². The van der Waals surface area contributed by atoms with E-state index in [9.17, 15) is 18.0 Å². The van der Waals surface area contributed by atoms with E-state index in [2.05, 4.69) is 14.7 Å². The van der Waals surface area contributed by atoms with Crippen LogP contribution in [0.4, 0.5) is 18.9 Å². The van der Waals surface area contributed by atoms with E-state index in [-0.39, 0.29) is 5.70 Å². The van der Waals surface area contributed by atoms with Gasteiger partial charge in [0.15, 0.2) is 0 Å². The van der Waals surface area contributed by atoms with E-state index in [1.165, 1.54) is 6.08 Å². The van der Waals surface area contributed by atoms with Crippen LogP contribution >= 0.6 is 0 Å². The molecule has 0 saturated heterocycles. The maximum atomic E-state index is 12.0. The zero-order chi connectivity index (χ0) is 13.6. The van der Waals surface area contributed by atoms with Gasteiger partial charge in [-0.05, 0) is 18.2 Å². The van der Waals surface area contributed by atoms with Crippen LogP contribution in [0, 0.1) is 0 Å². The van der Waals surface area contributed by atoms with E-state index >= 15 is 0 Å². The zero-order valence-corrected chi connectivity index (χ0v) is 9.23. The van der Waals surface area contributed by atoms with Gasteiger partial charge >= 0.3 is 12.3 Å². The summed E-state index contributed by atoms with van der Waals surface area (Å²) in [5.41, 5.74) is 0.858. The number of ether oxygens (including phenoxy) is 1. The van der Waals surface area contributed by atoms with Crippen molar-refractivity contribution in [2.45, 2.75) is 6.36 Å². The van der Waals surface area contributed by atoms with Crippen LogP contribution in [-0.4, -0.2) is 18.5 Å². The SMILES string of the molecule is O=C(OC(F)(F)F)C1=Cc2ccc3c(c2=N1)=CC=N3. The van der Waals surface area contributed by atoms with Crippen LogP contribution in [0.15, 0.2) is 27.8 Å². The lowest BCUT2D eigenvalue weighted by atomic mass is 10.1. The standard InChI is InChI=1S/C12H5F3N2O2/c13-12(14,15)19-11(18)9-5-6-1-2-8-7(3-4-16-8)10(6)17-9/h1-5H. The number of rotatable bonds is 1. The highest BCUT2D eigenvalue weighted by Gasteiger charge is 2.35. The van der Waals surface area contributed by atoms with Gasteiger partial charge in [0.25, 0.3) is 0 Å². The zero-order valence-electron chi connectivity index (χ0n) is 9.23. The second kappa shape index (κ2) is 3.78. The first-order valence-electron chi connectivity index (χ1n) is 5.22. The number of alkyl halides is 3. The van der Waals surface area contributed by atoms with Gasteiger partial charge in [0.1, 0.15) is 5.70 Å². The van der Waals surface area contributed by atoms with E-state index in [0.717, 1.165) is 0 Å². The van der Waals surface area contributed by atoms with Crippen LogP contribution in [0.2, 0.25) is 0 Å². The molecule has 0 aliphatic carbocycles. The second-order valence-electron chi connectivity index (χ2n) is 3.86. The molecule has 0 unspecified atom stereocenters. The maximum Gasteiger partial charge on any atom is 0.575 e. The Labute approximate surface area is 104 Å². The molecular weight excluding hydrogens is 261 g/mol. The predicted octanol–water partition coefficient (Wildman–Crippen LogP) is 1.22. The van der Waals surface area contributed by atoms with Crippen LogP contribution < -0.4 is 10.6 Å². The number of carbonyl (C=O) groups excluding carboxylic acids is 1. The number of carbonyl (C=O) groups is 1. The van der Waals surface area contributed by atoms with Crippen LogP contribution in [-0.2, 0) is 9.53 Å². The summed E-state index contributed by atoms with van der Waals surface area (Å²) in [6.07, 6.45) is -0.509. The van der Waals surface area contributed by atoms with Gasteiger partial charge in [-0.3, -0.25) is 4.99 Å². The molecule has 19 heavy (non-hydrogen) atoms. The van der Waals surface area contributed by atoms with Gasteiger partial charge < -0.3 is 4.74 Å². The first kappa shape index (κ1) is 11.6. The third-order valence-corrected chi connectivity index (χ3v) is 2.62. The second-order valence-corrected chi connectivity index (χ2v) is 3.86. The van der Waals surface area contributed by atoms with Gasteiger partial charge in [0.05, 0.1) is 11.0 Å². The van der Waals surface area contributed by atoms with Crippen molar-refractivity contribution in [3.8, 4) is 0 Å². The van der Waals surface area contributed by atoms with Gasteiger partial charge in [-0.15, -0.1) is 13.2 Å². The topological polar surface area (TPSA) is 51.0 Å². The third kappa shape index (κ3) is 2.03. The van der Waals surface area contributed by atoms with E-state index in [0.29, 0.717) is 21.8 Å². The Morgan fingerprint density at radius 2 is 2.05 bits per heavy atom. The summed E-state index contributed by atoms with van der Waals surface area (Å²) in [4.78, 5) is 19.2. The molecule has 3 rings (SSSR count). The Morgan fingerprint density at radius 3 is 2.79 bits per heavy atom. The van der Waals surface area contributed by atoms with Crippen molar-refractivity contribution >= 4 is 30.0 Å². The lowest BCUT2D eigenvalue weighted by Gasteiger charge is -2.05. The molecule has 0 bridgehead atoms. The highest BCUT2D eigenvalue weighted by Crippen LogP contribution is 2.21. The normalized spacial score (nSPS) is 15.2. The van der Waals surface area contributed by atoms with Crippen LogP contribution in [0.3, 0.4) is 0 Å². The maximum absolute atomic E-state index is 12.0. The van der Waals surface area contributed by atoms with Crippen molar-refractivity contribution in [2.24, 2.45) is 9.98 Å². The van der Waals surface area contributed by atoms with Gasteiger partial charge in [0, 0.05) is 17.0 Å². The summed E-state index contributed by atoms with van der Waals surface area (Å²) >= 11 is 0. The summed E-state index contributed by atoms with van der Waals surface area (Å²) < 4.78 is 39.2. The summed E-state index contributed by atoms with van der Waals surface area (Å²) in [5, 5.41) is 1.12. The number of aliphatic imine (C=N–C) groups is 1. The number of halogens is 3. The number of hydrogen-bond acceptors (Lipinski definition) is 4. The number of hydrogen-bond donors (Lipinski definition) is 0. The minimum absolute atomic E-state index is 0.374. The Hall–Kier alpha value is -2.44. The summed E-state index contributed by atoms with van der Waals surface area (Å²) in [7, 11) is 0. The number of esters is 1. The van der Waals surface area contributed by atoms with Crippen molar-refractivity contribution in [1.29, 1.82) is 0 Å². The lowest BCUT2D eigenvalue weighted by Crippen LogP contribution is -2.25. The third-order valence-electron chi connectivity index (χ3n) is 2.62. The van der Waals surface area contributed by atoms with Gasteiger partial charge in [-0.25, -0.2) is 9.79 Å². The molecule has 0 atom stereocenters. The molecule has 0 aromatic heterocycles. The van der Waals surface area contributed by atoms with Crippen LogP contribution in [0.1, 0.15) is 5.56 Å². The number of nitrogens with zero attached hydrogens (tertiary/aromatic N) is 2. The first-order valence-corrected chi connectivity index (χ1v) is 5.22. The molecule has 2 aliphatic heterocycles. The fraction of sp³-hybridized carbons (Fsp3) is 0.0833. The van der Waals surface area contributed by atoms with Gasteiger partial charge in [-0.2, -0.15) is 0 Å². The van der Waals surface area contributed by atoms with E-state index in [1.54, 1.807) is 24.4 Å².